The fourth-order valence-corrected chi connectivity index (χ4v) is 6.38. The third-order valence-electron chi connectivity index (χ3n) is 8.15. The van der Waals surface area contributed by atoms with Gasteiger partial charge >= 0.3 is 6.09 Å². The van der Waals surface area contributed by atoms with Gasteiger partial charge in [-0.3, -0.25) is 4.90 Å². The molecular formula is C30H40N2O3. The zero-order chi connectivity index (χ0) is 24.9. The Bertz CT molecular complexity index is 1090. The van der Waals surface area contributed by atoms with Crippen molar-refractivity contribution in [1.29, 1.82) is 0 Å². The zero-order valence-corrected chi connectivity index (χ0v) is 22.1. The minimum atomic E-state index is -0.272. The number of rotatable bonds is 5. The largest absolute Gasteiger partial charge is 0.490 e. The van der Waals surface area contributed by atoms with Crippen LogP contribution in [0, 0.1) is 25.2 Å². The van der Waals surface area contributed by atoms with Gasteiger partial charge in [-0.2, -0.15) is 0 Å². The van der Waals surface area contributed by atoms with Crippen molar-refractivity contribution in [2.45, 2.75) is 79.1 Å². The molecule has 3 aliphatic heterocycles. The van der Waals surface area contributed by atoms with Gasteiger partial charge in [0, 0.05) is 6.54 Å². The zero-order valence-electron chi connectivity index (χ0n) is 22.1. The number of nitrogens with one attached hydrogen (secondary N) is 1. The maximum absolute atomic E-state index is 12.9. The fourth-order valence-electron chi connectivity index (χ4n) is 6.38. The van der Waals surface area contributed by atoms with Gasteiger partial charge in [-0.1, -0.05) is 32.0 Å². The van der Waals surface area contributed by atoms with Crippen LogP contribution in [0.5, 0.6) is 5.75 Å². The van der Waals surface area contributed by atoms with Crippen molar-refractivity contribution in [3.8, 4) is 16.9 Å². The van der Waals surface area contributed by atoms with Gasteiger partial charge in [0.2, 0.25) is 0 Å². The molecule has 3 saturated heterocycles. The van der Waals surface area contributed by atoms with E-state index < -0.39 is 0 Å². The van der Waals surface area contributed by atoms with Crippen molar-refractivity contribution in [2.75, 3.05) is 19.6 Å². The number of hydrogen-bond acceptors (Lipinski definition) is 4. The topological polar surface area (TPSA) is 50.8 Å². The second-order valence-electron chi connectivity index (χ2n) is 11.8. The molecule has 0 saturated carbocycles. The Morgan fingerprint density at radius 1 is 1.06 bits per heavy atom. The first-order chi connectivity index (χ1) is 16.6. The molecule has 2 aromatic rings. The van der Waals surface area contributed by atoms with Gasteiger partial charge in [-0.15, -0.1) is 0 Å². The van der Waals surface area contributed by atoms with Crippen LogP contribution in [0.25, 0.3) is 11.1 Å². The molecule has 4 aliphatic rings. The van der Waals surface area contributed by atoms with Crippen LogP contribution in [0.2, 0.25) is 0 Å². The van der Waals surface area contributed by atoms with Crippen LogP contribution >= 0.6 is 0 Å². The Balaban J connectivity index is 1.34. The van der Waals surface area contributed by atoms with Gasteiger partial charge in [-0.05, 0) is 117 Å². The van der Waals surface area contributed by atoms with E-state index in [1.165, 1.54) is 22.3 Å². The van der Waals surface area contributed by atoms with Crippen molar-refractivity contribution in [3.05, 3.63) is 52.6 Å². The average molecular weight is 477 g/mol. The third-order valence-corrected chi connectivity index (χ3v) is 8.15. The van der Waals surface area contributed by atoms with Crippen LogP contribution < -0.4 is 10.1 Å². The first-order valence-corrected chi connectivity index (χ1v) is 13.2. The summed E-state index contributed by atoms with van der Waals surface area (Å²) in [5.74, 6) is 1.50. The van der Waals surface area contributed by atoms with Crippen LogP contribution in [0.4, 0.5) is 4.79 Å². The van der Waals surface area contributed by atoms with E-state index >= 15 is 0 Å². The molecule has 1 N–H and O–H groups in total. The minimum Gasteiger partial charge on any atom is -0.490 e. The van der Waals surface area contributed by atoms with Gasteiger partial charge in [0.25, 0.3) is 0 Å². The molecule has 0 aromatic heterocycles. The summed E-state index contributed by atoms with van der Waals surface area (Å²) in [7, 11) is 0. The summed E-state index contributed by atoms with van der Waals surface area (Å²) in [6, 6.07) is 11.1. The number of carbonyl (C=O) groups is 1. The maximum Gasteiger partial charge on any atom is 0.407 e. The molecule has 0 unspecified atom stereocenters. The second kappa shape index (κ2) is 9.16. The first-order valence-electron chi connectivity index (χ1n) is 13.2. The Morgan fingerprint density at radius 3 is 2.34 bits per heavy atom. The van der Waals surface area contributed by atoms with Crippen LogP contribution in [0.1, 0.15) is 68.8 Å². The summed E-state index contributed by atoms with van der Waals surface area (Å²) in [4.78, 5) is 15.4. The molecule has 1 aliphatic carbocycles. The number of hydrogen-bond donors (Lipinski definition) is 1. The normalized spacial score (nSPS) is 26.5. The van der Waals surface area contributed by atoms with Gasteiger partial charge in [-0.25, -0.2) is 4.79 Å². The number of nitrogens with zero attached hydrogens (tertiary/aromatic N) is 1. The Kier molecular flexibility index (Phi) is 6.33. The molecule has 188 valence electrons. The highest BCUT2D eigenvalue weighted by Crippen LogP contribution is 2.46. The molecule has 0 radical (unpaired) electrons. The molecule has 2 atom stereocenters. The van der Waals surface area contributed by atoms with Crippen LogP contribution in [0.3, 0.4) is 0 Å². The number of carbonyl (C=O) groups excluding carboxylic acids is 1. The van der Waals surface area contributed by atoms with E-state index in [0.717, 1.165) is 55.8 Å². The third kappa shape index (κ3) is 4.80. The SMILES string of the molecule is Cc1cc(-c2ccc3c(c2)CC(C)(C)[C@H]3NC(=O)O[C@H]2CN3CCC2CC3)cc(C)c1OC(C)C. The number of amides is 1. The molecular weight excluding hydrogens is 436 g/mol. The number of aryl methyl sites for hydroxylation is 2. The average Bonchev–Trinajstić information content (AvgIpc) is 3.05. The highest BCUT2D eigenvalue weighted by Gasteiger charge is 2.42. The fraction of sp³-hybridized carbons (Fsp3) is 0.567. The highest BCUT2D eigenvalue weighted by molar-refractivity contribution is 5.71. The van der Waals surface area contributed by atoms with Gasteiger partial charge in [0.15, 0.2) is 0 Å². The number of ether oxygens (including phenoxy) is 2. The highest BCUT2D eigenvalue weighted by atomic mass is 16.6. The molecule has 3 fully saturated rings. The smallest absolute Gasteiger partial charge is 0.407 e. The molecule has 5 nitrogen and oxygen atoms in total. The standard InChI is InChI=1S/C30H40N2O3/c1-18(2)34-27-19(3)13-23(14-20(27)4)22-7-8-25-24(15-22)16-30(5,6)28(25)31-29(33)35-26-17-32-11-9-21(26)10-12-32/h7-8,13-15,18,21,26,28H,9-12,16-17H2,1-6H3,(H,31,33)/t26-,28-/m0/s1. The van der Waals surface area contributed by atoms with Crippen molar-refractivity contribution >= 4 is 6.09 Å². The lowest BCUT2D eigenvalue weighted by atomic mass is 9.85. The van der Waals surface area contributed by atoms with Crippen LogP contribution in [-0.4, -0.2) is 42.8 Å². The van der Waals surface area contributed by atoms with Gasteiger partial charge in [0.1, 0.15) is 11.9 Å². The minimum absolute atomic E-state index is 0.0259. The van der Waals surface area contributed by atoms with E-state index in [9.17, 15) is 4.79 Å². The van der Waals surface area contributed by atoms with Crippen molar-refractivity contribution in [2.24, 2.45) is 11.3 Å². The summed E-state index contributed by atoms with van der Waals surface area (Å²) in [5.41, 5.74) is 7.16. The Labute approximate surface area is 210 Å². The maximum atomic E-state index is 12.9. The first kappa shape index (κ1) is 24.2. The van der Waals surface area contributed by atoms with E-state index in [2.05, 4.69) is 82.1 Å². The summed E-state index contributed by atoms with van der Waals surface area (Å²) < 4.78 is 12.0. The lowest BCUT2D eigenvalue weighted by Gasteiger charge is -2.44. The van der Waals surface area contributed by atoms with Gasteiger partial charge < -0.3 is 14.8 Å². The predicted octanol–water partition coefficient (Wildman–Crippen LogP) is 6.20. The van der Waals surface area contributed by atoms with E-state index in [0.29, 0.717) is 5.92 Å². The Morgan fingerprint density at radius 2 is 1.74 bits per heavy atom. The monoisotopic (exact) mass is 476 g/mol. The quantitative estimate of drug-likeness (QED) is 0.558. The van der Waals surface area contributed by atoms with Crippen molar-refractivity contribution in [3.63, 3.8) is 0 Å². The number of fused-ring (bicyclic) bond motifs is 4. The lowest BCUT2D eigenvalue weighted by molar-refractivity contribution is -0.0348. The predicted molar refractivity (Wildman–Crippen MR) is 140 cm³/mol. The summed E-state index contributed by atoms with van der Waals surface area (Å²) >= 11 is 0. The number of alkyl carbamates (subject to hydrolysis) is 1. The summed E-state index contributed by atoms with van der Waals surface area (Å²) in [6.07, 6.45) is 3.11. The molecule has 35 heavy (non-hydrogen) atoms. The lowest BCUT2D eigenvalue weighted by Crippen LogP contribution is -2.53. The van der Waals surface area contributed by atoms with Crippen molar-refractivity contribution < 1.29 is 14.3 Å². The van der Waals surface area contributed by atoms with Crippen LogP contribution in [0.15, 0.2) is 30.3 Å². The number of piperidine rings is 3. The van der Waals surface area contributed by atoms with E-state index in [-0.39, 0.29) is 29.8 Å². The second-order valence-corrected chi connectivity index (χ2v) is 11.8. The van der Waals surface area contributed by atoms with Crippen LogP contribution in [-0.2, 0) is 11.2 Å². The van der Waals surface area contributed by atoms with E-state index in [1.807, 2.05) is 0 Å². The molecule has 5 heteroatoms. The summed E-state index contributed by atoms with van der Waals surface area (Å²) in [6.45, 7) is 16.0. The Hall–Kier alpha value is -2.53. The molecule has 6 rings (SSSR count). The molecule has 0 spiro atoms. The molecule has 2 aromatic carbocycles. The van der Waals surface area contributed by atoms with E-state index in [4.69, 9.17) is 9.47 Å². The number of benzene rings is 2. The molecule has 2 bridgehead atoms. The summed E-state index contributed by atoms with van der Waals surface area (Å²) in [5, 5.41) is 3.24. The van der Waals surface area contributed by atoms with Crippen molar-refractivity contribution in [1.82, 2.24) is 10.2 Å². The van der Waals surface area contributed by atoms with E-state index in [1.54, 1.807) is 0 Å². The molecule has 3 heterocycles. The molecule has 1 amide bonds. The van der Waals surface area contributed by atoms with Gasteiger partial charge in [0.05, 0.1) is 12.1 Å².